The SMILES string of the molecule is NCC#Cc1ccc(F)cc1OCc1ncccn1. The minimum Gasteiger partial charge on any atom is -0.484 e. The molecule has 0 radical (unpaired) electrons. The van der Waals surface area contributed by atoms with Crippen LogP contribution in [0.15, 0.2) is 36.7 Å². The van der Waals surface area contributed by atoms with Gasteiger partial charge >= 0.3 is 0 Å². The number of halogens is 1. The molecule has 0 unspecified atom stereocenters. The molecule has 96 valence electrons. The highest BCUT2D eigenvalue weighted by Gasteiger charge is 2.05. The molecule has 0 aliphatic carbocycles. The number of benzene rings is 1. The highest BCUT2D eigenvalue weighted by Crippen LogP contribution is 2.19. The fourth-order valence-electron chi connectivity index (χ4n) is 1.41. The Hall–Kier alpha value is -2.45. The molecule has 1 aromatic heterocycles. The largest absolute Gasteiger partial charge is 0.484 e. The molecular weight excluding hydrogens is 245 g/mol. The summed E-state index contributed by atoms with van der Waals surface area (Å²) in [5.74, 6) is 6.02. The average molecular weight is 257 g/mol. The van der Waals surface area contributed by atoms with E-state index in [1.54, 1.807) is 24.5 Å². The molecule has 0 aliphatic heterocycles. The standard InChI is InChI=1S/C14H12FN3O/c15-12-5-4-11(3-1-6-16)13(9-12)19-10-14-17-7-2-8-18-14/h2,4-5,7-9H,6,10,16H2. The third-order valence-corrected chi connectivity index (χ3v) is 2.24. The fourth-order valence-corrected chi connectivity index (χ4v) is 1.41. The highest BCUT2D eigenvalue weighted by atomic mass is 19.1. The Bertz CT molecular complexity index is 605. The highest BCUT2D eigenvalue weighted by molar-refractivity contribution is 5.46. The van der Waals surface area contributed by atoms with Crippen LogP contribution in [0.25, 0.3) is 0 Å². The van der Waals surface area contributed by atoms with E-state index in [2.05, 4.69) is 21.8 Å². The Morgan fingerprint density at radius 1 is 1.26 bits per heavy atom. The summed E-state index contributed by atoms with van der Waals surface area (Å²) >= 11 is 0. The Morgan fingerprint density at radius 2 is 2.05 bits per heavy atom. The molecule has 0 spiro atoms. The minimum absolute atomic E-state index is 0.154. The Morgan fingerprint density at radius 3 is 2.79 bits per heavy atom. The molecule has 1 heterocycles. The Balaban J connectivity index is 2.16. The second kappa shape index (κ2) is 6.47. The summed E-state index contributed by atoms with van der Waals surface area (Å²) in [5, 5.41) is 0. The minimum atomic E-state index is -0.387. The fraction of sp³-hybridized carbons (Fsp3) is 0.143. The van der Waals surface area contributed by atoms with Crippen molar-refractivity contribution < 1.29 is 9.13 Å². The topological polar surface area (TPSA) is 61.0 Å². The van der Waals surface area contributed by atoms with Gasteiger partial charge in [0.1, 0.15) is 18.2 Å². The summed E-state index contributed by atoms with van der Waals surface area (Å²) in [6.07, 6.45) is 3.23. The van der Waals surface area contributed by atoms with Crippen molar-refractivity contribution in [3.63, 3.8) is 0 Å². The number of nitrogens with two attached hydrogens (primary N) is 1. The Kier molecular flexibility index (Phi) is 4.43. The van der Waals surface area contributed by atoms with Gasteiger partial charge in [0.05, 0.1) is 12.1 Å². The van der Waals surface area contributed by atoms with E-state index in [0.717, 1.165) is 0 Å². The smallest absolute Gasteiger partial charge is 0.166 e. The maximum absolute atomic E-state index is 13.2. The number of nitrogens with zero attached hydrogens (tertiary/aromatic N) is 2. The van der Waals surface area contributed by atoms with Gasteiger partial charge in [0.15, 0.2) is 5.82 Å². The molecule has 19 heavy (non-hydrogen) atoms. The van der Waals surface area contributed by atoms with Crippen molar-refractivity contribution in [2.75, 3.05) is 6.54 Å². The van der Waals surface area contributed by atoms with Gasteiger partial charge in [-0.2, -0.15) is 0 Å². The van der Waals surface area contributed by atoms with E-state index in [9.17, 15) is 4.39 Å². The van der Waals surface area contributed by atoms with Crippen LogP contribution in [0.4, 0.5) is 4.39 Å². The van der Waals surface area contributed by atoms with Crippen LogP contribution in [-0.2, 0) is 6.61 Å². The zero-order valence-corrected chi connectivity index (χ0v) is 10.1. The number of ether oxygens (including phenoxy) is 1. The second-order valence-corrected chi connectivity index (χ2v) is 3.60. The predicted octanol–water partition coefficient (Wildman–Crippen LogP) is 1.50. The first-order valence-corrected chi connectivity index (χ1v) is 5.67. The van der Waals surface area contributed by atoms with Gasteiger partial charge in [-0.15, -0.1) is 0 Å². The van der Waals surface area contributed by atoms with Gasteiger partial charge in [-0.3, -0.25) is 0 Å². The van der Waals surface area contributed by atoms with Crippen molar-refractivity contribution in [3.05, 3.63) is 53.9 Å². The normalized spacial score (nSPS) is 9.58. The lowest BCUT2D eigenvalue weighted by molar-refractivity contribution is 0.293. The van der Waals surface area contributed by atoms with Crippen molar-refractivity contribution >= 4 is 0 Å². The van der Waals surface area contributed by atoms with Crippen LogP contribution in [0, 0.1) is 17.7 Å². The first-order chi connectivity index (χ1) is 9.29. The lowest BCUT2D eigenvalue weighted by Crippen LogP contribution is -2.02. The predicted molar refractivity (Wildman–Crippen MR) is 68.7 cm³/mol. The molecule has 0 atom stereocenters. The van der Waals surface area contributed by atoms with E-state index < -0.39 is 0 Å². The lowest BCUT2D eigenvalue weighted by atomic mass is 10.2. The molecule has 0 bridgehead atoms. The summed E-state index contributed by atoms with van der Waals surface area (Å²) in [6, 6.07) is 5.87. The first-order valence-electron chi connectivity index (χ1n) is 5.67. The van der Waals surface area contributed by atoms with E-state index >= 15 is 0 Å². The van der Waals surface area contributed by atoms with Crippen LogP contribution in [-0.4, -0.2) is 16.5 Å². The second-order valence-electron chi connectivity index (χ2n) is 3.60. The molecule has 5 heteroatoms. The molecule has 2 N–H and O–H groups in total. The summed E-state index contributed by atoms with van der Waals surface area (Å²) in [7, 11) is 0. The zero-order valence-electron chi connectivity index (χ0n) is 10.1. The maximum atomic E-state index is 13.2. The van der Waals surface area contributed by atoms with E-state index in [1.165, 1.54) is 12.1 Å². The van der Waals surface area contributed by atoms with Gasteiger partial charge in [-0.1, -0.05) is 11.8 Å². The molecule has 0 amide bonds. The van der Waals surface area contributed by atoms with Crippen molar-refractivity contribution in [1.29, 1.82) is 0 Å². The zero-order chi connectivity index (χ0) is 13.5. The van der Waals surface area contributed by atoms with Crippen LogP contribution in [0.5, 0.6) is 5.75 Å². The molecule has 4 nitrogen and oxygen atoms in total. The summed E-state index contributed by atoms with van der Waals surface area (Å²) < 4.78 is 18.7. The molecular formula is C14H12FN3O. The van der Waals surface area contributed by atoms with Gasteiger partial charge in [0.2, 0.25) is 0 Å². The van der Waals surface area contributed by atoms with Gasteiger partial charge in [0.25, 0.3) is 0 Å². The van der Waals surface area contributed by atoms with E-state index in [4.69, 9.17) is 10.5 Å². The van der Waals surface area contributed by atoms with Crippen LogP contribution in [0.2, 0.25) is 0 Å². The third-order valence-electron chi connectivity index (χ3n) is 2.24. The van der Waals surface area contributed by atoms with E-state index in [-0.39, 0.29) is 19.0 Å². The lowest BCUT2D eigenvalue weighted by Gasteiger charge is -2.07. The molecule has 0 fully saturated rings. The third kappa shape index (κ3) is 3.76. The van der Waals surface area contributed by atoms with E-state index in [0.29, 0.717) is 17.1 Å². The quantitative estimate of drug-likeness (QED) is 0.847. The van der Waals surface area contributed by atoms with Gasteiger partial charge < -0.3 is 10.5 Å². The molecule has 0 aliphatic rings. The molecule has 0 saturated heterocycles. The molecule has 1 aromatic carbocycles. The number of hydrogen-bond acceptors (Lipinski definition) is 4. The van der Waals surface area contributed by atoms with Crippen LogP contribution < -0.4 is 10.5 Å². The van der Waals surface area contributed by atoms with Crippen molar-refractivity contribution in [2.24, 2.45) is 5.73 Å². The summed E-state index contributed by atoms with van der Waals surface area (Å²) in [4.78, 5) is 8.04. The van der Waals surface area contributed by atoms with E-state index in [1.807, 2.05) is 0 Å². The Labute approximate surface area is 110 Å². The van der Waals surface area contributed by atoms with Crippen LogP contribution in [0.3, 0.4) is 0 Å². The van der Waals surface area contributed by atoms with Gasteiger partial charge in [-0.05, 0) is 18.2 Å². The average Bonchev–Trinajstić information content (AvgIpc) is 2.45. The van der Waals surface area contributed by atoms with Crippen LogP contribution in [0.1, 0.15) is 11.4 Å². The number of aromatic nitrogens is 2. The summed E-state index contributed by atoms with van der Waals surface area (Å²) in [5.41, 5.74) is 5.90. The van der Waals surface area contributed by atoms with Gasteiger partial charge in [0, 0.05) is 18.5 Å². The molecule has 2 rings (SSSR count). The maximum Gasteiger partial charge on any atom is 0.166 e. The molecule has 2 aromatic rings. The monoisotopic (exact) mass is 257 g/mol. The number of rotatable bonds is 3. The first kappa shape index (κ1) is 13.0. The number of hydrogen-bond donors (Lipinski definition) is 1. The van der Waals surface area contributed by atoms with Crippen molar-refractivity contribution in [2.45, 2.75) is 6.61 Å². The van der Waals surface area contributed by atoms with Gasteiger partial charge in [-0.25, -0.2) is 14.4 Å². The summed E-state index contributed by atoms with van der Waals surface area (Å²) in [6.45, 7) is 0.389. The van der Waals surface area contributed by atoms with Crippen molar-refractivity contribution in [1.82, 2.24) is 9.97 Å². The molecule has 0 saturated carbocycles. The van der Waals surface area contributed by atoms with Crippen LogP contribution >= 0.6 is 0 Å². The van der Waals surface area contributed by atoms with Crippen molar-refractivity contribution in [3.8, 4) is 17.6 Å².